The van der Waals surface area contributed by atoms with E-state index < -0.39 is 0 Å². The molecule has 1 aliphatic rings. The monoisotopic (exact) mass is 169 g/mol. The minimum atomic E-state index is 0.331. The average Bonchev–Trinajstić information content (AvgIpc) is 2.33. The lowest BCUT2D eigenvalue weighted by molar-refractivity contribution is 0.0546. The fourth-order valence-corrected chi connectivity index (χ4v) is 1.46. The van der Waals surface area contributed by atoms with Gasteiger partial charge >= 0.3 is 0 Å². The summed E-state index contributed by atoms with van der Waals surface area (Å²) in [6.07, 6.45) is 6.04. The first-order chi connectivity index (χ1) is 5.93. The van der Waals surface area contributed by atoms with Gasteiger partial charge in [-0.05, 0) is 24.8 Å². The molecular formula is C8H15N3O. The Morgan fingerprint density at radius 2 is 2.33 bits per heavy atom. The van der Waals surface area contributed by atoms with Gasteiger partial charge in [0.25, 0.3) is 0 Å². The van der Waals surface area contributed by atoms with Crippen LogP contribution in [0, 0.1) is 0 Å². The number of ether oxygens (including phenoxy) is 1. The maximum atomic E-state index is 8.07. The highest BCUT2D eigenvalue weighted by Crippen LogP contribution is 2.15. The van der Waals surface area contributed by atoms with Crippen LogP contribution in [0.4, 0.5) is 0 Å². The summed E-state index contributed by atoms with van der Waals surface area (Å²) in [7, 11) is 0. The third kappa shape index (κ3) is 3.60. The average molecular weight is 169 g/mol. The molecule has 0 spiro atoms. The van der Waals surface area contributed by atoms with Gasteiger partial charge in [-0.1, -0.05) is 18.0 Å². The van der Waals surface area contributed by atoms with Crippen LogP contribution in [0.25, 0.3) is 10.4 Å². The topological polar surface area (TPSA) is 58.0 Å². The Bertz CT molecular complexity index is 158. The highest BCUT2D eigenvalue weighted by atomic mass is 16.5. The molecule has 68 valence electrons. The van der Waals surface area contributed by atoms with Gasteiger partial charge in [0.15, 0.2) is 0 Å². The summed E-state index contributed by atoms with van der Waals surface area (Å²) in [4.78, 5) is 2.71. The molecule has 0 radical (unpaired) electrons. The number of azide groups is 1. The van der Waals surface area contributed by atoms with E-state index in [0.29, 0.717) is 12.6 Å². The van der Waals surface area contributed by atoms with Gasteiger partial charge in [0, 0.05) is 18.1 Å². The fraction of sp³-hybridized carbons (Fsp3) is 1.00. The first-order valence-electron chi connectivity index (χ1n) is 4.56. The predicted octanol–water partition coefficient (Wildman–Crippen LogP) is 2.65. The summed E-state index contributed by atoms with van der Waals surface area (Å²) in [5.41, 5.74) is 8.07. The van der Waals surface area contributed by atoms with E-state index in [-0.39, 0.29) is 0 Å². The largest absolute Gasteiger partial charge is 0.378 e. The molecule has 0 saturated carbocycles. The van der Waals surface area contributed by atoms with Crippen molar-refractivity contribution >= 4 is 0 Å². The molecule has 1 aliphatic heterocycles. The second kappa shape index (κ2) is 5.86. The van der Waals surface area contributed by atoms with Crippen molar-refractivity contribution in [2.24, 2.45) is 5.11 Å². The van der Waals surface area contributed by atoms with Crippen molar-refractivity contribution < 1.29 is 4.74 Å². The Morgan fingerprint density at radius 3 is 3.17 bits per heavy atom. The molecule has 12 heavy (non-hydrogen) atoms. The Kier molecular flexibility index (Phi) is 4.57. The van der Waals surface area contributed by atoms with Gasteiger partial charge in [-0.3, -0.25) is 0 Å². The van der Waals surface area contributed by atoms with Crippen molar-refractivity contribution in [1.29, 1.82) is 0 Å². The van der Waals surface area contributed by atoms with Gasteiger partial charge < -0.3 is 4.74 Å². The number of hydrogen-bond acceptors (Lipinski definition) is 2. The summed E-state index contributed by atoms with van der Waals surface area (Å²) in [5.74, 6) is 0. The van der Waals surface area contributed by atoms with E-state index in [1.165, 1.54) is 19.3 Å². The van der Waals surface area contributed by atoms with Crippen LogP contribution in [0.2, 0.25) is 0 Å². The summed E-state index contributed by atoms with van der Waals surface area (Å²) in [6, 6.07) is 0. The molecule has 1 heterocycles. The third-order valence-corrected chi connectivity index (χ3v) is 2.14. The van der Waals surface area contributed by atoms with Crippen LogP contribution in [0.3, 0.4) is 0 Å². The van der Waals surface area contributed by atoms with Gasteiger partial charge in [-0.2, -0.15) is 0 Å². The number of hydrogen-bond donors (Lipinski definition) is 0. The zero-order valence-electron chi connectivity index (χ0n) is 7.28. The van der Waals surface area contributed by atoms with E-state index in [2.05, 4.69) is 10.0 Å². The quantitative estimate of drug-likeness (QED) is 0.364. The van der Waals surface area contributed by atoms with Crippen LogP contribution in [0.15, 0.2) is 5.11 Å². The molecule has 1 atom stereocenters. The number of nitrogens with zero attached hydrogens (tertiary/aromatic N) is 3. The molecule has 0 amide bonds. The highest BCUT2D eigenvalue weighted by Gasteiger charge is 2.10. The minimum absolute atomic E-state index is 0.331. The summed E-state index contributed by atoms with van der Waals surface area (Å²) < 4.78 is 5.57. The second-order valence-electron chi connectivity index (χ2n) is 3.09. The first-order valence-corrected chi connectivity index (χ1v) is 4.56. The van der Waals surface area contributed by atoms with Gasteiger partial charge in [-0.15, -0.1) is 0 Å². The summed E-state index contributed by atoms with van der Waals surface area (Å²) in [6.45, 7) is 1.45. The van der Waals surface area contributed by atoms with Crippen LogP contribution in [0.1, 0.15) is 32.1 Å². The van der Waals surface area contributed by atoms with Crippen LogP contribution >= 0.6 is 0 Å². The van der Waals surface area contributed by atoms with Crippen molar-refractivity contribution in [3.63, 3.8) is 0 Å². The Labute approximate surface area is 72.5 Å². The van der Waals surface area contributed by atoms with Crippen LogP contribution in [-0.4, -0.2) is 19.3 Å². The Morgan fingerprint density at radius 1 is 1.42 bits per heavy atom. The summed E-state index contributed by atoms with van der Waals surface area (Å²) >= 11 is 0. The van der Waals surface area contributed by atoms with Gasteiger partial charge in [0.2, 0.25) is 0 Å². The predicted molar refractivity (Wildman–Crippen MR) is 46.8 cm³/mol. The molecule has 1 saturated heterocycles. The zero-order chi connectivity index (χ0) is 8.65. The Balaban J connectivity index is 2.15. The zero-order valence-corrected chi connectivity index (χ0v) is 7.28. The molecule has 0 aromatic carbocycles. The van der Waals surface area contributed by atoms with E-state index in [9.17, 15) is 0 Å². The maximum Gasteiger partial charge on any atom is 0.0576 e. The lowest BCUT2D eigenvalue weighted by Gasteiger charge is -2.12. The molecule has 0 aliphatic carbocycles. The van der Waals surface area contributed by atoms with Gasteiger partial charge in [0.05, 0.1) is 6.10 Å². The Hall–Kier alpha value is -0.730. The van der Waals surface area contributed by atoms with Crippen molar-refractivity contribution in [2.45, 2.75) is 38.2 Å². The molecule has 0 aromatic rings. The lowest BCUT2D eigenvalue weighted by atomic mass is 10.1. The van der Waals surface area contributed by atoms with Crippen molar-refractivity contribution in [3.8, 4) is 0 Å². The van der Waals surface area contributed by atoms with Gasteiger partial charge in [-0.25, -0.2) is 0 Å². The van der Waals surface area contributed by atoms with Gasteiger partial charge in [0.1, 0.15) is 0 Å². The van der Waals surface area contributed by atoms with E-state index in [1.807, 2.05) is 0 Å². The fourth-order valence-electron chi connectivity index (χ4n) is 1.46. The van der Waals surface area contributed by atoms with Crippen LogP contribution < -0.4 is 0 Å². The molecule has 4 nitrogen and oxygen atoms in total. The molecule has 1 fully saturated rings. The summed E-state index contributed by atoms with van der Waals surface area (Å²) in [5, 5.41) is 3.50. The molecular weight excluding hydrogens is 154 g/mol. The minimum Gasteiger partial charge on any atom is -0.378 e. The van der Waals surface area contributed by atoms with Crippen LogP contribution in [0.5, 0.6) is 0 Å². The highest BCUT2D eigenvalue weighted by molar-refractivity contribution is 4.64. The second-order valence-corrected chi connectivity index (χ2v) is 3.09. The molecule has 0 bridgehead atoms. The van der Waals surface area contributed by atoms with E-state index in [1.54, 1.807) is 0 Å². The van der Waals surface area contributed by atoms with E-state index in [0.717, 1.165) is 19.4 Å². The maximum absolute atomic E-state index is 8.07. The van der Waals surface area contributed by atoms with Crippen molar-refractivity contribution in [2.75, 3.05) is 13.2 Å². The van der Waals surface area contributed by atoms with Crippen molar-refractivity contribution in [1.82, 2.24) is 0 Å². The third-order valence-electron chi connectivity index (χ3n) is 2.14. The lowest BCUT2D eigenvalue weighted by Crippen LogP contribution is -2.12. The van der Waals surface area contributed by atoms with Crippen molar-refractivity contribution in [3.05, 3.63) is 10.4 Å². The SMILES string of the molecule is [N-]=[N+]=NCCC1CCCCCO1. The van der Waals surface area contributed by atoms with Crippen LogP contribution in [-0.2, 0) is 4.74 Å². The molecule has 0 N–H and O–H groups in total. The molecule has 4 heteroatoms. The normalized spacial score (nSPS) is 24.2. The number of rotatable bonds is 3. The smallest absolute Gasteiger partial charge is 0.0576 e. The van der Waals surface area contributed by atoms with E-state index in [4.69, 9.17) is 10.3 Å². The van der Waals surface area contributed by atoms with E-state index >= 15 is 0 Å². The first kappa shape index (κ1) is 9.36. The molecule has 1 unspecified atom stereocenters. The standard InChI is InChI=1S/C8H15N3O/c9-11-10-6-5-8-4-2-1-3-7-12-8/h8H,1-7H2. The molecule has 0 aromatic heterocycles. The molecule has 1 rings (SSSR count).